The Balaban J connectivity index is 1.90. The molecule has 20 heavy (non-hydrogen) atoms. The number of hydrogen-bond acceptors (Lipinski definition) is 2. The van der Waals surface area contributed by atoms with E-state index in [1.54, 1.807) is 0 Å². The first-order chi connectivity index (χ1) is 9.65. The van der Waals surface area contributed by atoms with E-state index in [1.165, 1.54) is 5.56 Å². The van der Waals surface area contributed by atoms with E-state index in [0.29, 0.717) is 0 Å². The van der Waals surface area contributed by atoms with Gasteiger partial charge in [0, 0.05) is 10.7 Å². The van der Waals surface area contributed by atoms with Crippen molar-refractivity contribution in [2.24, 2.45) is 0 Å². The first-order valence-electron chi connectivity index (χ1n) is 6.61. The van der Waals surface area contributed by atoms with Gasteiger partial charge in [-0.05, 0) is 52.9 Å². The number of hydrogen-bond donors (Lipinski definition) is 1. The number of pyridine rings is 1. The molecule has 3 rings (SSSR count). The van der Waals surface area contributed by atoms with Gasteiger partial charge in [0.15, 0.2) is 0 Å². The third-order valence-corrected chi connectivity index (χ3v) is 4.34. The third-order valence-electron chi connectivity index (χ3n) is 3.51. The van der Waals surface area contributed by atoms with Crippen LogP contribution in [0.4, 0.5) is 5.82 Å². The molecule has 0 radical (unpaired) electrons. The molecule has 102 valence electrons. The Morgan fingerprint density at radius 1 is 1.20 bits per heavy atom. The summed E-state index contributed by atoms with van der Waals surface area (Å²) >= 11 is 3.53. The summed E-state index contributed by atoms with van der Waals surface area (Å²) in [5.41, 5.74) is 10.5. The lowest BCUT2D eigenvalue weighted by atomic mass is 10.1. The zero-order valence-electron chi connectivity index (χ0n) is 11.3. The van der Waals surface area contributed by atoms with Crippen molar-refractivity contribution in [2.45, 2.75) is 19.8 Å². The van der Waals surface area contributed by atoms with Gasteiger partial charge in [0.25, 0.3) is 0 Å². The number of benzene rings is 1. The van der Waals surface area contributed by atoms with Crippen molar-refractivity contribution in [1.82, 2.24) is 9.38 Å². The standard InChI is InChI=1S/C16H16BrN3/c1-11-9-15-19-14(16(18)20(15)10-13(11)17)8-7-12-5-3-2-4-6-12/h2-6,9-10H,7-8,18H2,1H3. The maximum atomic E-state index is 6.20. The Bertz CT molecular complexity index is 747. The second kappa shape index (κ2) is 5.29. The summed E-state index contributed by atoms with van der Waals surface area (Å²) in [5.74, 6) is 0.733. The molecule has 0 atom stereocenters. The minimum absolute atomic E-state index is 0.733. The molecular weight excluding hydrogens is 314 g/mol. The largest absolute Gasteiger partial charge is 0.383 e. The summed E-state index contributed by atoms with van der Waals surface area (Å²) in [6.07, 6.45) is 3.79. The molecule has 3 nitrogen and oxygen atoms in total. The zero-order valence-corrected chi connectivity index (χ0v) is 12.9. The molecule has 0 aliphatic heterocycles. The maximum absolute atomic E-state index is 6.20. The fourth-order valence-corrected chi connectivity index (χ4v) is 2.64. The Kier molecular flexibility index (Phi) is 3.49. The topological polar surface area (TPSA) is 43.3 Å². The number of nitrogens with two attached hydrogens (primary N) is 1. The van der Waals surface area contributed by atoms with Crippen molar-refractivity contribution < 1.29 is 0 Å². The Morgan fingerprint density at radius 3 is 2.70 bits per heavy atom. The summed E-state index contributed by atoms with van der Waals surface area (Å²) in [4.78, 5) is 4.65. The second-order valence-electron chi connectivity index (χ2n) is 4.96. The average molecular weight is 330 g/mol. The minimum atomic E-state index is 0.733. The molecule has 3 aromatic rings. The number of aromatic nitrogens is 2. The van der Waals surface area contributed by atoms with E-state index in [2.05, 4.69) is 52.1 Å². The van der Waals surface area contributed by atoms with Crippen molar-refractivity contribution in [3.05, 3.63) is 63.9 Å². The second-order valence-corrected chi connectivity index (χ2v) is 5.82. The highest BCUT2D eigenvalue weighted by Gasteiger charge is 2.10. The molecule has 2 aromatic heterocycles. The molecule has 0 unspecified atom stereocenters. The van der Waals surface area contributed by atoms with Crippen molar-refractivity contribution >= 4 is 27.4 Å². The lowest BCUT2D eigenvalue weighted by Gasteiger charge is -2.02. The van der Waals surface area contributed by atoms with E-state index in [1.807, 2.05) is 22.7 Å². The van der Waals surface area contributed by atoms with Gasteiger partial charge in [0.1, 0.15) is 11.5 Å². The summed E-state index contributed by atoms with van der Waals surface area (Å²) in [5, 5.41) is 0. The normalized spacial score (nSPS) is 11.1. The molecular formula is C16H16BrN3. The first-order valence-corrected chi connectivity index (χ1v) is 7.41. The number of imidazole rings is 1. The minimum Gasteiger partial charge on any atom is -0.383 e. The van der Waals surface area contributed by atoms with Crippen LogP contribution in [0.15, 0.2) is 47.1 Å². The fourth-order valence-electron chi connectivity index (χ4n) is 2.32. The molecule has 1 aromatic carbocycles. The van der Waals surface area contributed by atoms with Gasteiger partial charge in [-0.15, -0.1) is 0 Å². The predicted molar refractivity (Wildman–Crippen MR) is 85.9 cm³/mol. The number of fused-ring (bicyclic) bond motifs is 1. The summed E-state index contributed by atoms with van der Waals surface area (Å²) in [6.45, 7) is 2.05. The number of nitrogens with zero attached hydrogens (tertiary/aromatic N) is 2. The van der Waals surface area contributed by atoms with Crippen molar-refractivity contribution in [1.29, 1.82) is 0 Å². The number of nitrogen functional groups attached to an aromatic ring is 1. The van der Waals surface area contributed by atoms with Crippen LogP contribution in [0.5, 0.6) is 0 Å². The maximum Gasteiger partial charge on any atom is 0.139 e. The summed E-state index contributed by atoms with van der Waals surface area (Å²) in [6, 6.07) is 12.5. The summed E-state index contributed by atoms with van der Waals surface area (Å²) in [7, 11) is 0. The van der Waals surface area contributed by atoms with Crippen LogP contribution in [0.3, 0.4) is 0 Å². The predicted octanol–water partition coefficient (Wildman–Crippen LogP) is 3.77. The highest BCUT2D eigenvalue weighted by Crippen LogP contribution is 2.23. The van der Waals surface area contributed by atoms with Gasteiger partial charge in [-0.2, -0.15) is 0 Å². The molecule has 0 saturated carbocycles. The van der Waals surface area contributed by atoms with Gasteiger partial charge < -0.3 is 5.73 Å². The van der Waals surface area contributed by atoms with E-state index < -0.39 is 0 Å². The van der Waals surface area contributed by atoms with Crippen LogP contribution in [0.2, 0.25) is 0 Å². The van der Waals surface area contributed by atoms with Gasteiger partial charge in [0.05, 0.1) is 5.69 Å². The van der Waals surface area contributed by atoms with E-state index in [0.717, 1.165) is 40.0 Å². The Labute approximate surface area is 126 Å². The molecule has 0 amide bonds. The van der Waals surface area contributed by atoms with E-state index >= 15 is 0 Å². The average Bonchev–Trinajstić information content (AvgIpc) is 2.75. The van der Waals surface area contributed by atoms with Crippen LogP contribution >= 0.6 is 15.9 Å². The van der Waals surface area contributed by atoms with Crippen LogP contribution in [0.25, 0.3) is 5.65 Å². The number of halogens is 1. The SMILES string of the molecule is Cc1cc2nc(CCc3ccccc3)c(N)n2cc1Br. The van der Waals surface area contributed by atoms with Crippen molar-refractivity contribution in [3.8, 4) is 0 Å². The lowest BCUT2D eigenvalue weighted by Crippen LogP contribution is -1.98. The van der Waals surface area contributed by atoms with Crippen molar-refractivity contribution in [3.63, 3.8) is 0 Å². The number of anilines is 1. The molecule has 0 aliphatic rings. The smallest absolute Gasteiger partial charge is 0.139 e. The van der Waals surface area contributed by atoms with Crippen LogP contribution in [0.1, 0.15) is 16.8 Å². The van der Waals surface area contributed by atoms with Crippen molar-refractivity contribution in [2.75, 3.05) is 5.73 Å². The van der Waals surface area contributed by atoms with Gasteiger partial charge in [-0.1, -0.05) is 30.3 Å². The molecule has 4 heteroatoms. The molecule has 0 spiro atoms. The van der Waals surface area contributed by atoms with E-state index in [-0.39, 0.29) is 0 Å². The van der Waals surface area contributed by atoms with Gasteiger partial charge in [-0.3, -0.25) is 4.40 Å². The van der Waals surface area contributed by atoms with Gasteiger partial charge >= 0.3 is 0 Å². The van der Waals surface area contributed by atoms with Crippen LogP contribution in [0, 0.1) is 6.92 Å². The molecule has 0 bridgehead atoms. The monoisotopic (exact) mass is 329 g/mol. The first kappa shape index (κ1) is 13.2. The number of rotatable bonds is 3. The van der Waals surface area contributed by atoms with Crippen LogP contribution < -0.4 is 5.73 Å². The fraction of sp³-hybridized carbons (Fsp3) is 0.188. The molecule has 0 fully saturated rings. The zero-order chi connectivity index (χ0) is 14.1. The van der Waals surface area contributed by atoms with Gasteiger partial charge in [-0.25, -0.2) is 4.98 Å². The Morgan fingerprint density at radius 2 is 1.95 bits per heavy atom. The van der Waals surface area contributed by atoms with Crippen LogP contribution in [-0.2, 0) is 12.8 Å². The quantitative estimate of drug-likeness (QED) is 0.794. The molecule has 2 N–H and O–H groups in total. The Hall–Kier alpha value is -1.81. The molecule has 2 heterocycles. The van der Waals surface area contributed by atoms with E-state index in [9.17, 15) is 0 Å². The van der Waals surface area contributed by atoms with Crippen LogP contribution in [-0.4, -0.2) is 9.38 Å². The van der Waals surface area contributed by atoms with E-state index in [4.69, 9.17) is 5.73 Å². The summed E-state index contributed by atoms with van der Waals surface area (Å²) < 4.78 is 2.99. The third kappa shape index (κ3) is 2.43. The highest BCUT2D eigenvalue weighted by molar-refractivity contribution is 9.10. The van der Waals surface area contributed by atoms with Gasteiger partial charge in [0.2, 0.25) is 0 Å². The lowest BCUT2D eigenvalue weighted by molar-refractivity contribution is 0.931. The number of aryl methyl sites for hydroxylation is 3. The highest BCUT2D eigenvalue weighted by atomic mass is 79.9. The molecule has 0 saturated heterocycles. The molecule has 0 aliphatic carbocycles.